The molecule has 29 heavy (non-hydrogen) atoms. The van der Waals surface area contributed by atoms with Gasteiger partial charge in [-0.3, -0.25) is 9.69 Å². The monoisotopic (exact) mass is 395 g/mol. The van der Waals surface area contributed by atoms with Gasteiger partial charge in [-0.25, -0.2) is 0 Å². The number of aliphatic hydroxyl groups is 1. The van der Waals surface area contributed by atoms with Crippen molar-refractivity contribution >= 4 is 5.91 Å². The van der Waals surface area contributed by atoms with Gasteiger partial charge >= 0.3 is 0 Å². The Hall–Kier alpha value is -2.41. The van der Waals surface area contributed by atoms with Crippen molar-refractivity contribution in [2.75, 3.05) is 46.3 Å². The number of carbonyl (C=O) groups excluding carboxylic acids is 1. The number of phenolic OH excluding ortho intramolecular Hbond substituents is 1. The van der Waals surface area contributed by atoms with E-state index in [-0.39, 0.29) is 17.7 Å². The Morgan fingerprint density at radius 1 is 1.00 bits per heavy atom. The summed E-state index contributed by atoms with van der Waals surface area (Å²) in [6, 6.07) is 16.1. The number of phenols is 1. The van der Waals surface area contributed by atoms with E-state index in [1.165, 1.54) is 6.07 Å². The second kappa shape index (κ2) is 8.14. The zero-order valence-electron chi connectivity index (χ0n) is 16.9. The van der Waals surface area contributed by atoms with Crippen molar-refractivity contribution in [2.45, 2.75) is 18.1 Å². The Morgan fingerprint density at radius 3 is 2.41 bits per heavy atom. The number of likely N-dealkylation sites (tertiary alicyclic amines) is 1. The Labute approximate surface area is 172 Å². The minimum atomic E-state index is -0.993. The van der Waals surface area contributed by atoms with Crippen LogP contribution in [0.15, 0.2) is 54.6 Å². The van der Waals surface area contributed by atoms with Gasteiger partial charge in [-0.1, -0.05) is 36.4 Å². The predicted octanol–water partition coefficient (Wildman–Crippen LogP) is 1.74. The lowest BCUT2D eigenvalue weighted by molar-refractivity contribution is -0.101. The SMILES string of the molecule is CN1CCN([C@@H]2CN(C(=O)c3cccc(O)c3)CC[C@]2(O)c2ccccc2)CC1. The first kappa shape index (κ1) is 19.9. The van der Waals surface area contributed by atoms with Crippen LogP contribution in [-0.4, -0.2) is 83.2 Å². The summed E-state index contributed by atoms with van der Waals surface area (Å²) in [5.74, 6) is -0.0144. The lowest BCUT2D eigenvalue weighted by Crippen LogP contribution is -2.64. The first-order chi connectivity index (χ1) is 14.0. The highest BCUT2D eigenvalue weighted by Gasteiger charge is 2.47. The van der Waals surface area contributed by atoms with E-state index in [1.54, 1.807) is 18.2 Å². The second-order valence-electron chi connectivity index (χ2n) is 8.20. The molecular weight excluding hydrogens is 366 g/mol. The lowest BCUT2D eigenvalue weighted by Gasteiger charge is -2.51. The number of carbonyl (C=O) groups is 1. The molecule has 2 aliphatic heterocycles. The fourth-order valence-corrected chi connectivity index (χ4v) is 4.54. The molecule has 2 aliphatic rings. The zero-order chi connectivity index (χ0) is 20.4. The Balaban J connectivity index is 1.62. The minimum absolute atomic E-state index is 0.0873. The van der Waals surface area contributed by atoms with Crippen LogP contribution >= 0.6 is 0 Å². The molecule has 2 saturated heterocycles. The highest BCUT2D eigenvalue weighted by Crippen LogP contribution is 2.37. The molecule has 0 aromatic heterocycles. The third kappa shape index (κ3) is 4.01. The molecule has 2 fully saturated rings. The summed E-state index contributed by atoms with van der Waals surface area (Å²) in [6.45, 7) is 4.56. The number of aromatic hydroxyl groups is 1. The van der Waals surface area contributed by atoms with Crippen molar-refractivity contribution in [1.82, 2.24) is 14.7 Å². The maximum Gasteiger partial charge on any atom is 0.254 e. The molecule has 2 aromatic carbocycles. The van der Waals surface area contributed by atoms with Gasteiger partial charge in [0.05, 0.1) is 6.04 Å². The maximum absolute atomic E-state index is 13.1. The van der Waals surface area contributed by atoms with Crippen molar-refractivity contribution in [1.29, 1.82) is 0 Å². The van der Waals surface area contributed by atoms with Crippen LogP contribution in [0.2, 0.25) is 0 Å². The zero-order valence-corrected chi connectivity index (χ0v) is 16.9. The Kier molecular flexibility index (Phi) is 5.58. The molecule has 0 saturated carbocycles. The molecule has 154 valence electrons. The molecular formula is C23H29N3O3. The van der Waals surface area contributed by atoms with Crippen LogP contribution in [0.25, 0.3) is 0 Å². The van der Waals surface area contributed by atoms with Gasteiger partial charge in [0.2, 0.25) is 0 Å². The van der Waals surface area contributed by atoms with Crippen LogP contribution in [0.1, 0.15) is 22.3 Å². The topological polar surface area (TPSA) is 67.2 Å². The summed E-state index contributed by atoms with van der Waals surface area (Å²) in [5, 5.41) is 21.6. The number of piperazine rings is 1. The lowest BCUT2D eigenvalue weighted by atomic mass is 9.79. The molecule has 4 rings (SSSR count). The van der Waals surface area contributed by atoms with Gasteiger partial charge in [0, 0.05) is 44.8 Å². The Bertz CT molecular complexity index is 851. The molecule has 0 radical (unpaired) electrons. The van der Waals surface area contributed by atoms with Crippen LogP contribution < -0.4 is 0 Å². The van der Waals surface area contributed by atoms with Crippen LogP contribution in [0, 0.1) is 0 Å². The van der Waals surface area contributed by atoms with Gasteiger partial charge in [0.1, 0.15) is 11.4 Å². The van der Waals surface area contributed by atoms with Crippen LogP contribution in [0.3, 0.4) is 0 Å². The quantitative estimate of drug-likeness (QED) is 0.829. The van der Waals surface area contributed by atoms with Gasteiger partial charge in [-0.15, -0.1) is 0 Å². The van der Waals surface area contributed by atoms with E-state index >= 15 is 0 Å². The van der Waals surface area contributed by atoms with E-state index in [1.807, 2.05) is 35.2 Å². The normalized spacial score (nSPS) is 26.4. The summed E-state index contributed by atoms with van der Waals surface area (Å²) in [5.41, 5.74) is 0.396. The van der Waals surface area contributed by atoms with Crippen LogP contribution in [-0.2, 0) is 5.60 Å². The summed E-state index contributed by atoms with van der Waals surface area (Å²) in [6.07, 6.45) is 0.485. The van der Waals surface area contributed by atoms with E-state index in [2.05, 4.69) is 16.8 Å². The fraction of sp³-hybridized carbons (Fsp3) is 0.435. The molecule has 0 aliphatic carbocycles. The van der Waals surface area contributed by atoms with Gasteiger partial charge in [0.15, 0.2) is 0 Å². The molecule has 2 atom stereocenters. The minimum Gasteiger partial charge on any atom is -0.508 e. The molecule has 6 heteroatoms. The predicted molar refractivity (Wildman–Crippen MR) is 112 cm³/mol. The van der Waals surface area contributed by atoms with Crippen LogP contribution in [0.5, 0.6) is 5.75 Å². The van der Waals surface area contributed by atoms with Crippen molar-refractivity contribution in [3.63, 3.8) is 0 Å². The molecule has 6 nitrogen and oxygen atoms in total. The van der Waals surface area contributed by atoms with Crippen molar-refractivity contribution < 1.29 is 15.0 Å². The number of rotatable bonds is 3. The van der Waals surface area contributed by atoms with Crippen molar-refractivity contribution in [3.05, 3.63) is 65.7 Å². The third-order valence-electron chi connectivity index (χ3n) is 6.34. The molecule has 2 aromatic rings. The second-order valence-corrected chi connectivity index (χ2v) is 8.20. The Morgan fingerprint density at radius 2 is 1.72 bits per heavy atom. The molecule has 2 heterocycles. The van der Waals surface area contributed by atoms with E-state index in [9.17, 15) is 15.0 Å². The smallest absolute Gasteiger partial charge is 0.254 e. The number of hydrogen-bond donors (Lipinski definition) is 2. The van der Waals surface area contributed by atoms with Crippen LogP contribution in [0.4, 0.5) is 0 Å². The van der Waals surface area contributed by atoms with Crippen molar-refractivity contribution in [2.24, 2.45) is 0 Å². The average Bonchev–Trinajstić information content (AvgIpc) is 2.75. The number of likely N-dealkylation sites (N-methyl/N-ethyl adjacent to an activating group) is 1. The van der Waals surface area contributed by atoms with E-state index in [0.29, 0.717) is 25.1 Å². The fourth-order valence-electron chi connectivity index (χ4n) is 4.54. The van der Waals surface area contributed by atoms with Gasteiger partial charge < -0.3 is 20.0 Å². The van der Waals surface area contributed by atoms with Crippen molar-refractivity contribution in [3.8, 4) is 5.75 Å². The summed E-state index contributed by atoms with van der Waals surface area (Å²) >= 11 is 0. The average molecular weight is 396 g/mol. The number of amides is 1. The number of hydrogen-bond acceptors (Lipinski definition) is 5. The van der Waals surface area contributed by atoms with Gasteiger partial charge in [-0.05, 0) is 37.2 Å². The first-order valence-corrected chi connectivity index (χ1v) is 10.3. The summed E-state index contributed by atoms with van der Waals surface area (Å²) < 4.78 is 0. The van der Waals surface area contributed by atoms with E-state index < -0.39 is 5.60 Å². The van der Waals surface area contributed by atoms with Gasteiger partial charge in [0.25, 0.3) is 5.91 Å². The molecule has 0 unspecified atom stereocenters. The number of piperidine rings is 1. The standard InChI is InChI=1S/C23H29N3O3/c1-24-12-14-25(15-13-24)21-17-26(22(28)18-6-5-9-20(27)16-18)11-10-23(21,29)19-7-3-2-4-8-19/h2-9,16,21,27,29H,10-15,17H2,1H3/t21-,23+/m1/s1. The van der Waals surface area contributed by atoms with Gasteiger partial charge in [-0.2, -0.15) is 0 Å². The van der Waals surface area contributed by atoms with E-state index in [4.69, 9.17) is 0 Å². The summed E-state index contributed by atoms with van der Waals surface area (Å²) in [4.78, 5) is 19.5. The van der Waals surface area contributed by atoms with E-state index in [0.717, 1.165) is 31.7 Å². The largest absolute Gasteiger partial charge is 0.508 e. The highest BCUT2D eigenvalue weighted by atomic mass is 16.3. The number of nitrogens with zero attached hydrogens (tertiary/aromatic N) is 3. The molecule has 1 amide bonds. The highest BCUT2D eigenvalue weighted by molar-refractivity contribution is 5.94. The maximum atomic E-state index is 13.1. The third-order valence-corrected chi connectivity index (χ3v) is 6.34. The molecule has 0 bridgehead atoms. The number of benzene rings is 2. The molecule has 0 spiro atoms. The first-order valence-electron chi connectivity index (χ1n) is 10.3. The molecule has 2 N–H and O–H groups in total. The summed E-state index contributed by atoms with van der Waals surface area (Å²) in [7, 11) is 2.11.